The molecule has 0 atom stereocenters. The minimum Gasteiger partial charge on any atom is -0.490 e. The molecule has 0 spiro atoms. The molecule has 1 aliphatic rings. The molecule has 2 aromatic rings. The highest BCUT2D eigenvalue weighted by atomic mass is 16.6. The van der Waals surface area contributed by atoms with Crippen molar-refractivity contribution in [1.29, 1.82) is 0 Å². The second kappa shape index (κ2) is 8.38. The zero-order chi connectivity index (χ0) is 18.4. The number of aryl methyl sites for hydroxylation is 1. The van der Waals surface area contributed by atoms with E-state index in [1.165, 1.54) is 0 Å². The molecule has 1 heterocycles. The van der Waals surface area contributed by atoms with E-state index in [2.05, 4.69) is 0 Å². The van der Waals surface area contributed by atoms with Gasteiger partial charge in [0, 0.05) is 6.54 Å². The molecule has 0 aliphatic carbocycles. The summed E-state index contributed by atoms with van der Waals surface area (Å²) >= 11 is 0. The summed E-state index contributed by atoms with van der Waals surface area (Å²) in [6, 6.07) is 14.9. The summed E-state index contributed by atoms with van der Waals surface area (Å²) in [4.78, 5) is 25.5. The van der Waals surface area contributed by atoms with Crippen LogP contribution in [-0.2, 0) is 14.3 Å². The van der Waals surface area contributed by atoms with Crippen molar-refractivity contribution in [1.82, 2.24) is 0 Å². The van der Waals surface area contributed by atoms with Crippen LogP contribution >= 0.6 is 0 Å². The van der Waals surface area contributed by atoms with Gasteiger partial charge >= 0.3 is 5.97 Å². The van der Waals surface area contributed by atoms with Gasteiger partial charge in [0.2, 0.25) is 0 Å². The lowest BCUT2D eigenvalue weighted by Gasteiger charge is -2.28. The van der Waals surface area contributed by atoms with Crippen LogP contribution in [0.15, 0.2) is 48.5 Å². The van der Waals surface area contributed by atoms with Crippen molar-refractivity contribution < 1.29 is 23.8 Å². The molecule has 6 heteroatoms. The Morgan fingerprint density at radius 1 is 1.12 bits per heavy atom. The van der Waals surface area contributed by atoms with Gasteiger partial charge in [0.15, 0.2) is 6.61 Å². The van der Waals surface area contributed by atoms with Crippen LogP contribution in [0, 0.1) is 6.92 Å². The van der Waals surface area contributed by atoms with Gasteiger partial charge in [-0.15, -0.1) is 0 Å². The molecule has 0 aromatic heterocycles. The first-order valence-electron chi connectivity index (χ1n) is 8.51. The SMILES string of the molecule is Cc1ccc(OCCOC(=O)CCN2C(=O)COc3ccccc32)cc1. The number of amides is 1. The number of rotatable bonds is 7. The van der Waals surface area contributed by atoms with E-state index in [0.29, 0.717) is 11.4 Å². The Kier molecular flexibility index (Phi) is 5.73. The number of hydrogen-bond donors (Lipinski definition) is 0. The largest absolute Gasteiger partial charge is 0.490 e. The molecule has 26 heavy (non-hydrogen) atoms. The molecule has 136 valence electrons. The third kappa shape index (κ3) is 4.53. The maximum atomic E-state index is 12.0. The first kappa shape index (κ1) is 17.8. The summed E-state index contributed by atoms with van der Waals surface area (Å²) in [5.74, 6) is 0.850. The van der Waals surface area contributed by atoms with Crippen molar-refractivity contribution in [2.24, 2.45) is 0 Å². The molecule has 0 saturated heterocycles. The molecule has 0 saturated carbocycles. The Morgan fingerprint density at radius 2 is 1.88 bits per heavy atom. The van der Waals surface area contributed by atoms with Crippen molar-refractivity contribution in [3.63, 3.8) is 0 Å². The number of esters is 1. The topological polar surface area (TPSA) is 65.1 Å². The smallest absolute Gasteiger partial charge is 0.307 e. The number of hydrogen-bond acceptors (Lipinski definition) is 5. The van der Waals surface area contributed by atoms with Crippen molar-refractivity contribution >= 4 is 17.6 Å². The lowest BCUT2D eigenvalue weighted by Crippen LogP contribution is -2.40. The number of para-hydroxylation sites is 2. The van der Waals surface area contributed by atoms with E-state index in [1.807, 2.05) is 43.3 Å². The van der Waals surface area contributed by atoms with E-state index < -0.39 is 0 Å². The summed E-state index contributed by atoms with van der Waals surface area (Å²) in [6.45, 7) is 2.70. The first-order valence-corrected chi connectivity index (χ1v) is 8.51. The van der Waals surface area contributed by atoms with Gasteiger partial charge in [-0.25, -0.2) is 0 Å². The van der Waals surface area contributed by atoms with Gasteiger partial charge in [0.25, 0.3) is 5.91 Å². The van der Waals surface area contributed by atoms with Crippen LogP contribution in [0.2, 0.25) is 0 Å². The first-order chi connectivity index (χ1) is 12.6. The van der Waals surface area contributed by atoms with E-state index in [1.54, 1.807) is 17.0 Å². The van der Waals surface area contributed by atoms with E-state index in [0.717, 1.165) is 11.3 Å². The molecular formula is C20H21NO5. The molecule has 0 N–H and O–H groups in total. The fourth-order valence-corrected chi connectivity index (χ4v) is 2.62. The summed E-state index contributed by atoms with van der Waals surface area (Å²) in [6.07, 6.45) is 0.116. The van der Waals surface area contributed by atoms with Crippen LogP contribution in [0.3, 0.4) is 0 Å². The maximum absolute atomic E-state index is 12.0. The quantitative estimate of drug-likeness (QED) is 0.564. The number of carbonyl (C=O) groups excluding carboxylic acids is 2. The van der Waals surface area contributed by atoms with Crippen molar-refractivity contribution in [3.05, 3.63) is 54.1 Å². The second-order valence-corrected chi connectivity index (χ2v) is 5.93. The zero-order valence-corrected chi connectivity index (χ0v) is 14.6. The standard InChI is InChI=1S/C20H21NO5/c1-15-6-8-16(9-7-15)24-12-13-25-20(23)10-11-21-17-4-2-3-5-18(17)26-14-19(21)22/h2-9H,10-14H2,1H3. The minimum atomic E-state index is -0.366. The maximum Gasteiger partial charge on any atom is 0.307 e. The van der Waals surface area contributed by atoms with Gasteiger partial charge in [-0.2, -0.15) is 0 Å². The van der Waals surface area contributed by atoms with Gasteiger partial charge in [-0.1, -0.05) is 29.8 Å². The summed E-state index contributed by atoms with van der Waals surface area (Å²) in [5, 5.41) is 0. The molecule has 0 bridgehead atoms. The van der Waals surface area contributed by atoms with Crippen LogP contribution in [0.25, 0.3) is 0 Å². The third-order valence-electron chi connectivity index (χ3n) is 3.98. The van der Waals surface area contributed by atoms with Crippen LogP contribution in [-0.4, -0.2) is 38.2 Å². The van der Waals surface area contributed by atoms with Gasteiger partial charge in [0.05, 0.1) is 12.1 Å². The van der Waals surface area contributed by atoms with Crippen LogP contribution in [0.5, 0.6) is 11.5 Å². The number of benzene rings is 2. The Morgan fingerprint density at radius 3 is 2.69 bits per heavy atom. The van der Waals surface area contributed by atoms with Gasteiger partial charge < -0.3 is 19.1 Å². The van der Waals surface area contributed by atoms with Gasteiger partial charge in [-0.3, -0.25) is 9.59 Å². The molecule has 0 radical (unpaired) electrons. The van der Waals surface area contributed by atoms with Crippen molar-refractivity contribution in [3.8, 4) is 11.5 Å². The number of nitrogens with zero attached hydrogens (tertiary/aromatic N) is 1. The minimum absolute atomic E-state index is 0.0174. The second-order valence-electron chi connectivity index (χ2n) is 5.93. The van der Waals surface area contributed by atoms with Crippen molar-refractivity contribution in [2.45, 2.75) is 13.3 Å². The highest BCUT2D eigenvalue weighted by Crippen LogP contribution is 2.31. The number of anilines is 1. The van der Waals surface area contributed by atoms with Gasteiger partial charge in [0.1, 0.15) is 24.7 Å². The van der Waals surface area contributed by atoms with Crippen LogP contribution < -0.4 is 14.4 Å². The highest BCUT2D eigenvalue weighted by Gasteiger charge is 2.25. The van der Waals surface area contributed by atoms with E-state index in [9.17, 15) is 9.59 Å². The van der Waals surface area contributed by atoms with Crippen molar-refractivity contribution in [2.75, 3.05) is 31.3 Å². The normalized spacial score (nSPS) is 13.0. The average molecular weight is 355 g/mol. The lowest BCUT2D eigenvalue weighted by atomic mass is 10.2. The number of carbonyl (C=O) groups is 2. The van der Waals surface area contributed by atoms with Crippen LogP contribution in [0.1, 0.15) is 12.0 Å². The van der Waals surface area contributed by atoms with E-state index >= 15 is 0 Å². The Labute approximate surface area is 152 Å². The predicted molar refractivity (Wildman–Crippen MR) is 96.5 cm³/mol. The third-order valence-corrected chi connectivity index (χ3v) is 3.98. The summed E-state index contributed by atoms with van der Waals surface area (Å²) in [7, 11) is 0. The molecule has 6 nitrogen and oxygen atoms in total. The molecule has 3 rings (SSSR count). The average Bonchev–Trinajstić information content (AvgIpc) is 2.66. The number of ether oxygens (including phenoxy) is 3. The van der Waals surface area contributed by atoms with E-state index in [-0.39, 0.29) is 44.7 Å². The Balaban J connectivity index is 1.41. The Bertz CT molecular complexity index is 772. The fraction of sp³-hybridized carbons (Fsp3) is 0.300. The fourth-order valence-electron chi connectivity index (χ4n) is 2.62. The van der Waals surface area contributed by atoms with E-state index in [4.69, 9.17) is 14.2 Å². The summed E-state index contributed by atoms with van der Waals surface area (Å²) in [5.41, 5.74) is 1.84. The molecule has 1 amide bonds. The Hall–Kier alpha value is -3.02. The zero-order valence-electron chi connectivity index (χ0n) is 14.6. The molecule has 2 aromatic carbocycles. The lowest BCUT2D eigenvalue weighted by molar-refractivity contribution is -0.144. The molecule has 0 fully saturated rings. The van der Waals surface area contributed by atoms with Gasteiger partial charge in [-0.05, 0) is 31.2 Å². The number of fused-ring (bicyclic) bond motifs is 1. The monoisotopic (exact) mass is 355 g/mol. The highest BCUT2D eigenvalue weighted by molar-refractivity contribution is 5.98. The molecular weight excluding hydrogens is 334 g/mol. The summed E-state index contributed by atoms with van der Waals surface area (Å²) < 4.78 is 16.1. The van der Waals surface area contributed by atoms with Crippen LogP contribution in [0.4, 0.5) is 5.69 Å². The molecule has 0 unspecified atom stereocenters. The predicted octanol–water partition coefficient (Wildman–Crippen LogP) is 2.73. The molecule has 1 aliphatic heterocycles.